The number of nitrogens with one attached hydrogen (secondary N) is 3. The molecule has 8 nitrogen and oxygen atoms in total. The highest BCUT2D eigenvalue weighted by atomic mass is 19.4. The number of hydrogen-bond donors (Lipinski definition) is 3. The van der Waals surface area contributed by atoms with Crippen molar-refractivity contribution in [2.75, 3.05) is 30.4 Å². The molecule has 0 bridgehead atoms. The number of carbonyl (C=O) groups excluding carboxylic acids is 2. The Morgan fingerprint density at radius 1 is 0.933 bits per heavy atom. The summed E-state index contributed by atoms with van der Waals surface area (Å²) in [6.07, 6.45) is 0.767. The van der Waals surface area contributed by atoms with Crippen LogP contribution in [0.2, 0.25) is 0 Å². The smallest absolute Gasteiger partial charge is 0.367 e. The van der Waals surface area contributed by atoms with Crippen LogP contribution in [0.1, 0.15) is 72.2 Å². The third-order valence-corrected chi connectivity index (χ3v) is 8.90. The van der Waals surface area contributed by atoms with Gasteiger partial charge >= 0.3 is 6.18 Å². The van der Waals surface area contributed by atoms with Gasteiger partial charge < -0.3 is 20.5 Å². The Kier molecular flexibility index (Phi) is 9.33. The third-order valence-electron chi connectivity index (χ3n) is 8.90. The zero-order valence-corrected chi connectivity index (χ0v) is 25.4. The van der Waals surface area contributed by atoms with Crippen LogP contribution in [0.3, 0.4) is 0 Å². The fourth-order valence-corrected chi connectivity index (χ4v) is 6.17. The molecule has 240 valence electrons. The van der Waals surface area contributed by atoms with E-state index < -0.39 is 34.6 Å². The van der Waals surface area contributed by atoms with Crippen molar-refractivity contribution in [3.63, 3.8) is 0 Å². The van der Waals surface area contributed by atoms with E-state index in [9.17, 15) is 27.6 Å². The third kappa shape index (κ3) is 7.22. The summed E-state index contributed by atoms with van der Waals surface area (Å²) >= 11 is 0. The van der Waals surface area contributed by atoms with Gasteiger partial charge in [-0.05, 0) is 69.6 Å². The molecule has 0 radical (unpaired) electrons. The largest absolute Gasteiger partial charge is 0.417 e. The predicted octanol–water partition coefficient (Wildman–Crippen LogP) is 6.04. The topological polar surface area (TPSA) is 97.5 Å². The van der Waals surface area contributed by atoms with E-state index in [1.807, 2.05) is 25.8 Å². The first-order valence-corrected chi connectivity index (χ1v) is 15.1. The van der Waals surface area contributed by atoms with Crippen molar-refractivity contribution in [1.82, 2.24) is 15.2 Å². The molecule has 2 amide bonds. The van der Waals surface area contributed by atoms with E-state index in [1.165, 1.54) is 24.3 Å². The molecule has 2 heterocycles. The summed E-state index contributed by atoms with van der Waals surface area (Å²) in [5, 5.41) is 5.63. The van der Waals surface area contributed by atoms with Gasteiger partial charge in [-0.15, -0.1) is 0 Å². The van der Waals surface area contributed by atoms with Gasteiger partial charge in [-0.1, -0.05) is 25.3 Å². The van der Waals surface area contributed by atoms with Crippen LogP contribution < -0.4 is 21.1 Å². The Hall–Kier alpha value is -4.19. The second-order valence-corrected chi connectivity index (χ2v) is 12.1. The van der Waals surface area contributed by atoms with Crippen LogP contribution in [0, 0.1) is 5.82 Å². The van der Waals surface area contributed by atoms with E-state index in [1.54, 1.807) is 12.1 Å². The molecule has 12 heteroatoms. The molecule has 2 atom stereocenters. The van der Waals surface area contributed by atoms with Gasteiger partial charge in [-0.3, -0.25) is 19.3 Å². The molecule has 2 fully saturated rings. The van der Waals surface area contributed by atoms with Crippen molar-refractivity contribution in [3.8, 4) is 11.1 Å². The number of amides is 2. The van der Waals surface area contributed by atoms with Gasteiger partial charge in [0.15, 0.2) is 0 Å². The number of H-pyrrole nitrogens is 1. The van der Waals surface area contributed by atoms with Gasteiger partial charge in [0.25, 0.3) is 11.8 Å². The molecule has 5 rings (SSSR count). The summed E-state index contributed by atoms with van der Waals surface area (Å²) in [5.74, 6) is -2.00. The lowest BCUT2D eigenvalue weighted by atomic mass is 9.95. The molecule has 1 saturated carbocycles. The van der Waals surface area contributed by atoms with Crippen molar-refractivity contribution in [2.24, 2.45) is 0 Å². The average Bonchev–Trinajstić information content (AvgIpc) is 2.99. The number of nitrogens with zero attached hydrogens (tertiary/aromatic N) is 2. The highest BCUT2D eigenvalue weighted by molar-refractivity contribution is 6.07. The van der Waals surface area contributed by atoms with E-state index in [-0.39, 0.29) is 40.8 Å². The van der Waals surface area contributed by atoms with Crippen molar-refractivity contribution in [2.45, 2.75) is 70.3 Å². The van der Waals surface area contributed by atoms with Crippen LogP contribution in [0.15, 0.2) is 53.5 Å². The molecular formula is C33H37F4N5O3. The molecule has 1 aliphatic carbocycles. The molecule has 3 aromatic rings. The SMILES string of the molecule is CC1CN(c2ccc(-c3cc(C(=O)NC4CCCCC4)ccc3F)cc2NC(=O)c2c[nH]c(=O)cc2C(F)(F)F)CC(C)N1C. The van der Waals surface area contributed by atoms with Crippen LogP contribution in [0.25, 0.3) is 11.1 Å². The van der Waals surface area contributed by atoms with Crippen molar-refractivity contribution in [3.05, 3.63) is 81.5 Å². The van der Waals surface area contributed by atoms with Gasteiger partial charge in [-0.25, -0.2) is 4.39 Å². The van der Waals surface area contributed by atoms with Crippen molar-refractivity contribution in [1.29, 1.82) is 0 Å². The molecule has 1 aromatic heterocycles. The number of aromatic nitrogens is 1. The number of likely N-dealkylation sites (N-methyl/N-ethyl adjacent to an activating group) is 1. The van der Waals surface area contributed by atoms with Crippen molar-refractivity contribution >= 4 is 23.2 Å². The summed E-state index contributed by atoms with van der Waals surface area (Å²) in [5.41, 5.74) is -1.71. The second-order valence-electron chi connectivity index (χ2n) is 12.1. The first-order chi connectivity index (χ1) is 21.3. The molecule has 1 saturated heterocycles. The lowest BCUT2D eigenvalue weighted by Crippen LogP contribution is -2.55. The fraction of sp³-hybridized carbons (Fsp3) is 0.424. The number of benzene rings is 2. The van der Waals surface area contributed by atoms with Crippen LogP contribution in [-0.4, -0.2) is 60.0 Å². The minimum Gasteiger partial charge on any atom is -0.367 e. The van der Waals surface area contributed by atoms with Gasteiger partial charge in [0.2, 0.25) is 5.56 Å². The monoisotopic (exact) mass is 627 g/mol. The molecule has 2 unspecified atom stereocenters. The first-order valence-electron chi connectivity index (χ1n) is 15.1. The zero-order valence-electron chi connectivity index (χ0n) is 25.4. The fourth-order valence-electron chi connectivity index (χ4n) is 6.17. The summed E-state index contributed by atoms with van der Waals surface area (Å²) in [4.78, 5) is 44.5. The predicted molar refractivity (Wildman–Crippen MR) is 165 cm³/mol. The van der Waals surface area contributed by atoms with Gasteiger partial charge in [0, 0.05) is 54.6 Å². The Morgan fingerprint density at radius 2 is 1.62 bits per heavy atom. The lowest BCUT2D eigenvalue weighted by Gasteiger charge is -2.44. The molecule has 3 N–H and O–H groups in total. The average molecular weight is 628 g/mol. The van der Waals surface area contributed by atoms with E-state index in [4.69, 9.17) is 0 Å². The van der Waals surface area contributed by atoms with Crippen LogP contribution in [0.5, 0.6) is 0 Å². The number of hydrogen-bond acceptors (Lipinski definition) is 5. The van der Waals surface area contributed by atoms with Gasteiger partial charge in [0.1, 0.15) is 5.82 Å². The van der Waals surface area contributed by atoms with Crippen molar-refractivity contribution < 1.29 is 27.2 Å². The zero-order chi connectivity index (χ0) is 32.5. The molecule has 1 aliphatic heterocycles. The van der Waals surface area contributed by atoms with E-state index in [2.05, 4.69) is 20.5 Å². The number of carbonyl (C=O) groups is 2. The summed E-state index contributed by atoms with van der Waals surface area (Å²) in [7, 11) is 2.01. The van der Waals surface area contributed by atoms with E-state index >= 15 is 4.39 Å². The molecular weight excluding hydrogens is 590 g/mol. The minimum absolute atomic E-state index is 0.0590. The number of rotatable bonds is 6. The normalized spacial score (nSPS) is 19.8. The van der Waals surface area contributed by atoms with Crippen LogP contribution >= 0.6 is 0 Å². The number of halogens is 4. The Balaban J connectivity index is 1.53. The molecule has 2 aliphatic rings. The maximum absolute atomic E-state index is 15.3. The number of alkyl halides is 3. The Bertz CT molecular complexity index is 1620. The summed E-state index contributed by atoms with van der Waals surface area (Å²) in [6.45, 7) is 5.23. The standard InChI is InChI=1S/C33H37F4N5O3/c1-19-17-42(18-20(2)41(19)3)29-12-10-21(14-28(29)40-32(45)25-16-38-30(43)15-26(25)33(35,36)37)24-13-22(9-11-27(24)34)31(44)39-23-7-5-4-6-8-23/h9-16,19-20,23H,4-8,17-18H2,1-3H3,(H,38,43)(H,39,44)(H,40,45). The summed E-state index contributed by atoms with van der Waals surface area (Å²) < 4.78 is 56.6. The molecule has 45 heavy (non-hydrogen) atoms. The quantitative estimate of drug-likeness (QED) is 0.290. The van der Waals surface area contributed by atoms with E-state index in [0.29, 0.717) is 30.4 Å². The highest BCUT2D eigenvalue weighted by Crippen LogP contribution is 2.36. The Labute approximate surface area is 258 Å². The maximum Gasteiger partial charge on any atom is 0.417 e. The number of anilines is 2. The van der Waals surface area contributed by atoms with Gasteiger partial charge in [0.05, 0.1) is 22.5 Å². The first kappa shape index (κ1) is 32.2. The lowest BCUT2D eigenvalue weighted by molar-refractivity contribution is -0.138. The molecule has 0 spiro atoms. The number of aromatic amines is 1. The number of pyridine rings is 1. The second kappa shape index (κ2) is 13.0. The maximum atomic E-state index is 15.3. The minimum atomic E-state index is -4.95. The summed E-state index contributed by atoms with van der Waals surface area (Å²) in [6, 6.07) is 9.59. The van der Waals surface area contributed by atoms with Gasteiger partial charge in [-0.2, -0.15) is 13.2 Å². The van der Waals surface area contributed by atoms with Crippen LogP contribution in [-0.2, 0) is 6.18 Å². The van der Waals surface area contributed by atoms with E-state index in [0.717, 1.165) is 38.3 Å². The number of piperazine rings is 1. The molecule has 2 aromatic carbocycles. The Morgan fingerprint density at radius 3 is 2.29 bits per heavy atom. The highest BCUT2D eigenvalue weighted by Gasteiger charge is 2.36. The van der Waals surface area contributed by atoms with Crippen LogP contribution in [0.4, 0.5) is 28.9 Å².